The second-order valence-corrected chi connectivity index (χ2v) is 8.64. The van der Waals surface area contributed by atoms with Crippen molar-refractivity contribution in [1.82, 2.24) is 14.9 Å². The maximum absolute atomic E-state index is 12.7. The number of methoxy groups -OCH3 is 1. The molecule has 0 fully saturated rings. The molecule has 0 saturated carbocycles. The van der Waals surface area contributed by atoms with Gasteiger partial charge in [0.05, 0.1) is 18.5 Å². The lowest BCUT2D eigenvalue weighted by molar-refractivity contribution is 0.0533. The Balaban J connectivity index is 1.44. The first-order valence-electron chi connectivity index (χ1n) is 10.2. The molecule has 0 aliphatic heterocycles. The SMILES string of the molecule is COCCN(Cc1nc2sc3c(c2c(=O)[nH]1)CCC3)C[C@H](O)COc1ccccc1. The predicted octanol–water partition coefficient (Wildman–Crippen LogP) is 2.36. The van der Waals surface area contributed by atoms with E-state index in [9.17, 15) is 9.90 Å². The van der Waals surface area contributed by atoms with Gasteiger partial charge in [0.15, 0.2) is 0 Å². The van der Waals surface area contributed by atoms with Crippen molar-refractivity contribution in [3.63, 3.8) is 0 Å². The van der Waals surface area contributed by atoms with Gasteiger partial charge >= 0.3 is 0 Å². The number of thiophene rings is 1. The van der Waals surface area contributed by atoms with E-state index in [2.05, 4.69) is 4.98 Å². The Kier molecular flexibility index (Phi) is 6.79. The molecule has 2 aromatic heterocycles. The summed E-state index contributed by atoms with van der Waals surface area (Å²) in [7, 11) is 1.65. The molecule has 1 atom stereocenters. The molecular weight excluding hydrogens is 402 g/mol. The number of aromatic nitrogens is 2. The van der Waals surface area contributed by atoms with Crippen molar-refractivity contribution in [2.24, 2.45) is 0 Å². The van der Waals surface area contributed by atoms with Crippen molar-refractivity contribution >= 4 is 21.6 Å². The number of hydrogen-bond acceptors (Lipinski definition) is 7. The average molecular weight is 430 g/mol. The van der Waals surface area contributed by atoms with Crippen LogP contribution in [-0.4, -0.2) is 59.5 Å². The van der Waals surface area contributed by atoms with Crippen LogP contribution >= 0.6 is 11.3 Å². The second kappa shape index (κ2) is 9.70. The number of aliphatic hydroxyl groups is 1. The summed E-state index contributed by atoms with van der Waals surface area (Å²) in [6, 6.07) is 9.43. The standard InChI is InChI=1S/C22H27N3O4S/c1-28-11-10-25(12-15(26)14-29-16-6-3-2-4-7-16)13-19-23-21(27)20-17-8-5-9-18(17)30-22(20)24-19/h2-4,6-7,15,26H,5,8-14H2,1H3,(H,23,24,27)/t15-/m0/s1. The number of para-hydroxylation sites is 1. The highest BCUT2D eigenvalue weighted by molar-refractivity contribution is 7.18. The smallest absolute Gasteiger partial charge is 0.259 e. The number of aliphatic hydroxyl groups excluding tert-OH is 1. The van der Waals surface area contributed by atoms with Crippen LogP contribution in [0.4, 0.5) is 0 Å². The van der Waals surface area contributed by atoms with Gasteiger partial charge in [0.1, 0.15) is 29.1 Å². The highest BCUT2D eigenvalue weighted by atomic mass is 32.1. The molecule has 0 unspecified atom stereocenters. The average Bonchev–Trinajstić information content (AvgIpc) is 3.32. The van der Waals surface area contributed by atoms with Gasteiger partial charge in [-0.2, -0.15) is 0 Å². The number of benzene rings is 1. The monoisotopic (exact) mass is 429 g/mol. The van der Waals surface area contributed by atoms with Gasteiger partial charge in [0, 0.05) is 25.1 Å². The van der Waals surface area contributed by atoms with Gasteiger partial charge in [0.25, 0.3) is 5.56 Å². The second-order valence-electron chi connectivity index (χ2n) is 7.56. The van der Waals surface area contributed by atoms with Gasteiger partial charge < -0.3 is 19.6 Å². The van der Waals surface area contributed by atoms with Crippen molar-refractivity contribution < 1.29 is 14.6 Å². The zero-order valence-electron chi connectivity index (χ0n) is 17.1. The van der Waals surface area contributed by atoms with Gasteiger partial charge in [0.2, 0.25) is 0 Å². The maximum atomic E-state index is 12.7. The highest BCUT2D eigenvalue weighted by Crippen LogP contribution is 2.34. The molecule has 2 heterocycles. The van der Waals surface area contributed by atoms with Crippen molar-refractivity contribution in [3.8, 4) is 5.75 Å². The minimum absolute atomic E-state index is 0.0611. The number of rotatable bonds is 10. The van der Waals surface area contributed by atoms with Crippen LogP contribution in [0.15, 0.2) is 35.1 Å². The van der Waals surface area contributed by atoms with E-state index in [1.54, 1.807) is 18.4 Å². The summed E-state index contributed by atoms with van der Waals surface area (Å²) >= 11 is 1.64. The highest BCUT2D eigenvalue weighted by Gasteiger charge is 2.22. The Labute approximate surface area is 179 Å². The number of nitrogens with zero attached hydrogens (tertiary/aromatic N) is 2. The number of aromatic amines is 1. The van der Waals surface area contributed by atoms with E-state index in [0.717, 1.165) is 35.2 Å². The van der Waals surface area contributed by atoms with Gasteiger partial charge in [-0.1, -0.05) is 18.2 Å². The van der Waals surface area contributed by atoms with E-state index >= 15 is 0 Å². The predicted molar refractivity (Wildman–Crippen MR) is 117 cm³/mol. The lowest BCUT2D eigenvalue weighted by atomic mass is 10.2. The minimum Gasteiger partial charge on any atom is -0.491 e. The summed E-state index contributed by atoms with van der Waals surface area (Å²) in [6.45, 7) is 2.14. The molecule has 1 aliphatic carbocycles. The van der Waals surface area contributed by atoms with E-state index < -0.39 is 6.10 Å². The van der Waals surface area contributed by atoms with Crippen molar-refractivity contribution in [1.29, 1.82) is 0 Å². The van der Waals surface area contributed by atoms with Gasteiger partial charge in [-0.05, 0) is 37.0 Å². The maximum Gasteiger partial charge on any atom is 0.259 e. The first-order chi connectivity index (χ1) is 14.6. The van der Waals surface area contributed by atoms with Crippen LogP contribution < -0.4 is 10.3 Å². The molecule has 3 aromatic rings. The van der Waals surface area contributed by atoms with E-state index in [-0.39, 0.29) is 12.2 Å². The summed E-state index contributed by atoms with van der Waals surface area (Å²) in [6.07, 6.45) is 2.45. The molecule has 0 saturated heterocycles. The minimum atomic E-state index is -0.678. The van der Waals surface area contributed by atoms with Gasteiger partial charge in [-0.3, -0.25) is 9.69 Å². The van der Waals surface area contributed by atoms with Crippen LogP contribution in [0.2, 0.25) is 0 Å². The summed E-state index contributed by atoms with van der Waals surface area (Å²) in [5.74, 6) is 1.34. The number of fused-ring (bicyclic) bond motifs is 3. The quantitative estimate of drug-likeness (QED) is 0.515. The molecule has 0 radical (unpaired) electrons. The summed E-state index contributed by atoms with van der Waals surface area (Å²) in [5.41, 5.74) is 1.12. The summed E-state index contributed by atoms with van der Waals surface area (Å²) in [5, 5.41) is 11.2. The number of H-pyrrole nitrogens is 1. The molecule has 0 amide bonds. The fraction of sp³-hybridized carbons (Fsp3) is 0.455. The molecule has 8 heteroatoms. The molecule has 7 nitrogen and oxygen atoms in total. The first-order valence-corrected chi connectivity index (χ1v) is 11.1. The Hall–Kier alpha value is -2.26. The largest absolute Gasteiger partial charge is 0.491 e. The molecule has 2 N–H and O–H groups in total. The fourth-order valence-electron chi connectivity index (χ4n) is 3.85. The lowest BCUT2D eigenvalue weighted by Crippen LogP contribution is -2.38. The molecule has 1 aliphatic rings. The summed E-state index contributed by atoms with van der Waals surface area (Å²) in [4.78, 5) is 24.5. The number of hydrogen-bond donors (Lipinski definition) is 2. The van der Waals surface area contributed by atoms with Crippen LogP contribution in [0, 0.1) is 0 Å². The molecule has 0 bridgehead atoms. The van der Waals surface area contributed by atoms with Crippen LogP contribution in [-0.2, 0) is 24.1 Å². The van der Waals surface area contributed by atoms with Crippen LogP contribution in [0.25, 0.3) is 10.2 Å². The first kappa shape index (κ1) is 21.0. The molecular formula is C22H27N3O4S. The van der Waals surface area contributed by atoms with Crippen molar-refractivity contribution in [3.05, 3.63) is 57.0 Å². The van der Waals surface area contributed by atoms with Gasteiger partial charge in [-0.25, -0.2) is 4.98 Å². The van der Waals surface area contributed by atoms with Crippen LogP contribution in [0.3, 0.4) is 0 Å². The Bertz CT molecular complexity index is 1030. The van der Waals surface area contributed by atoms with Gasteiger partial charge in [-0.15, -0.1) is 11.3 Å². The molecule has 30 heavy (non-hydrogen) atoms. The third-order valence-electron chi connectivity index (χ3n) is 5.26. The van der Waals surface area contributed by atoms with E-state index in [1.807, 2.05) is 35.2 Å². The Morgan fingerprint density at radius 1 is 1.30 bits per heavy atom. The van der Waals surface area contributed by atoms with Crippen molar-refractivity contribution in [2.75, 3.05) is 33.4 Å². The topological polar surface area (TPSA) is 87.7 Å². The van der Waals surface area contributed by atoms with Crippen molar-refractivity contribution in [2.45, 2.75) is 31.9 Å². The number of aryl methyl sites for hydroxylation is 2. The van der Waals surface area contributed by atoms with E-state index in [1.165, 1.54) is 10.4 Å². The normalized spacial score (nSPS) is 14.4. The van der Waals surface area contributed by atoms with E-state index in [0.29, 0.717) is 32.1 Å². The lowest BCUT2D eigenvalue weighted by Gasteiger charge is -2.24. The number of ether oxygens (including phenoxy) is 2. The molecule has 4 rings (SSSR count). The number of nitrogens with one attached hydrogen (secondary N) is 1. The zero-order valence-corrected chi connectivity index (χ0v) is 17.9. The Morgan fingerprint density at radius 2 is 2.13 bits per heavy atom. The molecule has 0 spiro atoms. The van der Waals surface area contributed by atoms with E-state index in [4.69, 9.17) is 14.5 Å². The molecule has 1 aromatic carbocycles. The van der Waals surface area contributed by atoms with Crippen LogP contribution in [0.1, 0.15) is 22.7 Å². The third-order valence-corrected chi connectivity index (χ3v) is 6.45. The molecule has 160 valence electrons. The fourth-order valence-corrected chi connectivity index (χ4v) is 5.13. The third kappa shape index (κ3) is 4.89. The Morgan fingerprint density at radius 3 is 2.93 bits per heavy atom. The summed E-state index contributed by atoms with van der Waals surface area (Å²) < 4.78 is 10.9. The van der Waals surface area contributed by atoms with Crippen LogP contribution in [0.5, 0.6) is 5.75 Å². The zero-order chi connectivity index (χ0) is 20.9.